The van der Waals surface area contributed by atoms with E-state index in [1.165, 1.54) is 0 Å². The van der Waals surface area contributed by atoms with E-state index in [1.807, 2.05) is 38.1 Å². The van der Waals surface area contributed by atoms with E-state index in [9.17, 15) is 5.11 Å². The average molecular weight is 232 g/mol. The van der Waals surface area contributed by atoms with Gasteiger partial charge in [0, 0.05) is 5.56 Å². The van der Waals surface area contributed by atoms with Crippen LogP contribution in [0, 0.1) is 13.8 Å². The second kappa shape index (κ2) is 4.63. The number of rotatable bonds is 3. The monoisotopic (exact) mass is 232 g/mol. The summed E-state index contributed by atoms with van der Waals surface area (Å²) in [5, 5.41) is 10.3. The molecular formula is C14H16O3. The molecule has 0 unspecified atom stereocenters. The first kappa shape index (κ1) is 11.7. The van der Waals surface area contributed by atoms with Crippen LogP contribution in [0.25, 0.3) is 0 Å². The molecule has 1 aromatic carbocycles. The number of aliphatic hydroxyl groups excluding tert-OH is 1. The van der Waals surface area contributed by atoms with Gasteiger partial charge in [-0.25, -0.2) is 0 Å². The molecule has 0 saturated carbocycles. The van der Waals surface area contributed by atoms with Crippen LogP contribution in [0.1, 0.15) is 28.8 Å². The molecule has 3 heteroatoms. The summed E-state index contributed by atoms with van der Waals surface area (Å²) in [4.78, 5) is 0. The van der Waals surface area contributed by atoms with Gasteiger partial charge in [-0.15, -0.1) is 0 Å². The number of aliphatic hydroxyl groups is 1. The first-order valence-electron chi connectivity index (χ1n) is 5.50. The Morgan fingerprint density at radius 3 is 2.53 bits per heavy atom. The average Bonchev–Trinajstić information content (AvgIpc) is 2.75. The van der Waals surface area contributed by atoms with Crippen molar-refractivity contribution >= 4 is 0 Å². The third-order valence-electron chi connectivity index (χ3n) is 2.71. The Kier molecular flexibility index (Phi) is 3.20. The molecule has 17 heavy (non-hydrogen) atoms. The Labute approximate surface area is 101 Å². The molecule has 3 nitrogen and oxygen atoms in total. The number of benzene rings is 1. The van der Waals surface area contributed by atoms with Crippen LogP contribution >= 0.6 is 0 Å². The molecule has 2 rings (SSSR count). The maximum absolute atomic E-state index is 10.3. The standard InChI is InChI=1S/C14H16O3/c1-9-4-6-12(16-3)11(8-9)14(15)13-7-5-10(2)17-13/h4-8,14-15H,1-3H3/t14-/m0/s1. The molecule has 0 aliphatic carbocycles. The van der Waals surface area contributed by atoms with Gasteiger partial charge in [-0.1, -0.05) is 11.6 Å². The van der Waals surface area contributed by atoms with Crippen LogP contribution in [0.15, 0.2) is 34.7 Å². The largest absolute Gasteiger partial charge is 0.496 e. The molecule has 0 amide bonds. The molecule has 1 atom stereocenters. The Morgan fingerprint density at radius 2 is 1.94 bits per heavy atom. The van der Waals surface area contributed by atoms with Crippen molar-refractivity contribution in [2.45, 2.75) is 20.0 Å². The molecule has 1 heterocycles. The fourth-order valence-corrected chi connectivity index (χ4v) is 1.82. The van der Waals surface area contributed by atoms with E-state index in [4.69, 9.17) is 9.15 Å². The third kappa shape index (κ3) is 2.34. The second-order valence-corrected chi connectivity index (χ2v) is 4.10. The summed E-state index contributed by atoms with van der Waals surface area (Å²) in [5.41, 5.74) is 1.80. The Hall–Kier alpha value is -1.74. The number of ether oxygens (including phenoxy) is 1. The predicted octanol–water partition coefficient (Wildman–Crippen LogP) is 2.99. The summed E-state index contributed by atoms with van der Waals surface area (Å²) in [6.45, 7) is 3.83. The van der Waals surface area contributed by atoms with Crippen molar-refractivity contribution in [3.63, 3.8) is 0 Å². The summed E-state index contributed by atoms with van der Waals surface area (Å²) >= 11 is 0. The van der Waals surface area contributed by atoms with Crippen LogP contribution in [-0.2, 0) is 0 Å². The maximum Gasteiger partial charge on any atom is 0.140 e. The van der Waals surface area contributed by atoms with Gasteiger partial charge in [-0.2, -0.15) is 0 Å². The van der Waals surface area contributed by atoms with Gasteiger partial charge in [-0.3, -0.25) is 0 Å². The minimum Gasteiger partial charge on any atom is -0.496 e. The first-order chi connectivity index (χ1) is 8.11. The highest BCUT2D eigenvalue weighted by Crippen LogP contribution is 2.31. The van der Waals surface area contributed by atoms with Crippen LogP contribution in [-0.4, -0.2) is 12.2 Å². The molecule has 1 aromatic heterocycles. The van der Waals surface area contributed by atoms with Gasteiger partial charge in [0.2, 0.25) is 0 Å². The van der Waals surface area contributed by atoms with Gasteiger partial charge in [0.1, 0.15) is 23.4 Å². The molecule has 0 radical (unpaired) electrons. The number of aryl methyl sites for hydroxylation is 2. The Morgan fingerprint density at radius 1 is 1.18 bits per heavy atom. The molecule has 0 spiro atoms. The molecule has 2 aromatic rings. The highest BCUT2D eigenvalue weighted by Gasteiger charge is 2.18. The number of hydrogen-bond acceptors (Lipinski definition) is 3. The summed E-state index contributed by atoms with van der Waals surface area (Å²) in [6.07, 6.45) is -0.793. The van der Waals surface area contributed by atoms with Crippen molar-refractivity contribution in [3.05, 3.63) is 53.0 Å². The van der Waals surface area contributed by atoms with E-state index in [0.717, 1.165) is 16.9 Å². The lowest BCUT2D eigenvalue weighted by atomic mass is 10.0. The zero-order valence-electron chi connectivity index (χ0n) is 10.2. The topological polar surface area (TPSA) is 42.6 Å². The molecule has 0 bridgehead atoms. The van der Waals surface area contributed by atoms with E-state index in [1.54, 1.807) is 13.2 Å². The summed E-state index contributed by atoms with van der Waals surface area (Å²) in [5.74, 6) is 1.98. The van der Waals surface area contributed by atoms with Crippen LogP contribution in [0.4, 0.5) is 0 Å². The normalized spacial score (nSPS) is 12.5. The van der Waals surface area contributed by atoms with Crippen LogP contribution in [0.2, 0.25) is 0 Å². The third-order valence-corrected chi connectivity index (χ3v) is 2.71. The van der Waals surface area contributed by atoms with E-state index in [2.05, 4.69) is 0 Å². The van der Waals surface area contributed by atoms with E-state index in [-0.39, 0.29) is 0 Å². The van der Waals surface area contributed by atoms with Gasteiger partial charge in [0.15, 0.2) is 0 Å². The predicted molar refractivity (Wildman–Crippen MR) is 65.2 cm³/mol. The minimum atomic E-state index is -0.793. The van der Waals surface area contributed by atoms with Crippen LogP contribution in [0.3, 0.4) is 0 Å². The quantitative estimate of drug-likeness (QED) is 0.884. The van der Waals surface area contributed by atoms with Crippen molar-refractivity contribution in [2.75, 3.05) is 7.11 Å². The zero-order chi connectivity index (χ0) is 12.4. The number of hydrogen-bond donors (Lipinski definition) is 1. The fraction of sp³-hybridized carbons (Fsp3) is 0.286. The molecule has 1 N–H and O–H groups in total. The van der Waals surface area contributed by atoms with Gasteiger partial charge in [-0.05, 0) is 38.1 Å². The summed E-state index contributed by atoms with van der Waals surface area (Å²) < 4.78 is 10.7. The minimum absolute atomic E-state index is 0.534. The highest BCUT2D eigenvalue weighted by molar-refractivity contribution is 5.41. The molecule has 0 saturated heterocycles. The van der Waals surface area contributed by atoms with E-state index >= 15 is 0 Å². The number of methoxy groups -OCH3 is 1. The Balaban J connectivity index is 2.42. The lowest BCUT2D eigenvalue weighted by Gasteiger charge is -2.13. The lowest BCUT2D eigenvalue weighted by molar-refractivity contribution is 0.183. The van der Waals surface area contributed by atoms with Gasteiger partial charge in [0.25, 0.3) is 0 Å². The fourth-order valence-electron chi connectivity index (χ4n) is 1.82. The summed E-state index contributed by atoms with van der Waals surface area (Å²) in [7, 11) is 1.59. The molecular weight excluding hydrogens is 216 g/mol. The van der Waals surface area contributed by atoms with Gasteiger partial charge >= 0.3 is 0 Å². The molecule has 90 valence electrons. The van der Waals surface area contributed by atoms with Gasteiger partial charge < -0.3 is 14.3 Å². The van der Waals surface area contributed by atoms with Crippen molar-refractivity contribution in [1.82, 2.24) is 0 Å². The van der Waals surface area contributed by atoms with Gasteiger partial charge in [0.05, 0.1) is 7.11 Å². The molecule has 0 aliphatic heterocycles. The van der Waals surface area contributed by atoms with Crippen LogP contribution < -0.4 is 4.74 Å². The van der Waals surface area contributed by atoms with Crippen molar-refractivity contribution in [1.29, 1.82) is 0 Å². The lowest BCUT2D eigenvalue weighted by Crippen LogP contribution is -2.01. The van der Waals surface area contributed by atoms with Crippen molar-refractivity contribution < 1.29 is 14.3 Å². The molecule has 0 aliphatic rings. The Bertz CT molecular complexity index is 514. The van der Waals surface area contributed by atoms with E-state index < -0.39 is 6.10 Å². The second-order valence-electron chi connectivity index (χ2n) is 4.10. The molecule has 0 fully saturated rings. The number of furan rings is 1. The maximum atomic E-state index is 10.3. The highest BCUT2D eigenvalue weighted by atomic mass is 16.5. The SMILES string of the molecule is COc1ccc(C)cc1[C@H](O)c1ccc(C)o1. The smallest absolute Gasteiger partial charge is 0.140 e. The van der Waals surface area contributed by atoms with Crippen LogP contribution in [0.5, 0.6) is 5.75 Å². The first-order valence-corrected chi connectivity index (χ1v) is 5.50. The van der Waals surface area contributed by atoms with Crippen molar-refractivity contribution in [2.24, 2.45) is 0 Å². The van der Waals surface area contributed by atoms with Crippen molar-refractivity contribution in [3.8, 4) is 5.75 Å². The zero-order valence-corrected chi connectivity index (χ0v) is 10.2. The van der Waals surface area contributed by atoms with E-state index in [0.29, 0.717) is 11.5 Å². The summed E-state index contributed by atoms with van der Waals surface area (Å²) in [6, 6.07) is 9.32.